The average molecular weight is 416 g/mol. The van der Waals surface area contributed by atoms with Gasteiger partial charge in [-0.25, -0.2) is 4.98 Å². The molecule has 2 aromatic heterocycles. The SMILES string of the molecule is COc1ccc(-c2cc(Nc3ccc4[nH]ncc4c3)nc(N3CCOCC3)n2)cc1C. The zero-order valence-electron chi connectivity index (χ0n) is 17.6. The third-order valence-corrected chi connectivity index (χ3v) is 5.41. The number of aromatic amines is 1. The number of methoxy groups -OCH3 is 1. The van der Waals surface area contributed by atoms with Crippen molar-refractivity contribution in [3.63, 3.8) is 0 Å². The first-order valence-corrected chi connectivity index (χ1v) is 10.3. The highest BCUT2D eigenvalue weighted by Crippen LogP contribution is 2.29. The summed E-state index contributed by atoms with van der Waals surface area (Å²) >= 11 is 0. The van der Waals surface area contributed by atoms with Crippen molar-refractivity contribution in [2.75, 3.05) is 43.6 Å². The van der Waals surface area contributed by atoms with Crippen LogP contribution >= 0.6 is 0 Å². The highest BCUT2D eigenvalue weighted by Gasteiger charge is 2.17. The van der Waals surface area contributed by atoms with Gasteiger partial charge in [-0.2, -0.15) is 10.1 Å². The van der Waals surface area contributed by atoms with E-state index in [1.54, 1.807) is 7.11 Å². The van der Waals surface area contributed by atoms with Gasteiger partial charge in [0.15, 0.2) is 0 Å². The molecule has 0 saturated carbocycles. The molecule has 158 valence electrons. The fourth-order valence-corrected chi connectivity index (χ4v) is 3.76. The molecule has 0 aliphatic carbocycles. The van der Waals surface area contributed by atoms with Gasteiger partial charge in [0.05, 0.1) is 37.7 Å². The number of aromatic nitrogens is 4. The number of hydrogen-bond acceptors (Lipinski definition) is 7. The van der Waals surface area contributed by atoms with Gasteiger partial charge < -0.3 is 19.7 Å². The highest BCUT2D eigenvalue weighted by atomic mass is 16.5. The van der Waals surface area contributed by atoms with Crippen molar-refractivity contribution in [3.05, 3.63) is 54.2 Å². The molecule has 1 fully saturated rings. The maximum Gasteiger partial charge on any atom is 0.228 e. The summed E-state index contributed by atoms with van der Waals surface area (Å²) < 4.78 is 10.9. The van der Waals surface area contributed by atoms with Crippen LogP contribution < -0.4 is 15.0 Å². The van der Waals surface area contributed by atoms with Crippen LogP contribution in [0.3, 0.4) is 0 Å². The fourth-order valence-electron chi connectivity index (χ4n) is 3.76. The van der Waals surface area contributed by atoms with Crippen LogP contribution in [0.2, 0.25) is 0 Å². The first kappa shape index (κ1) is 19.3. The Balaban J connectivity index is 1.54. The lowest BCUT2D eigenvalue weighted by atomic mass is 10.1. The van der Waals surface area contributed by atoms with Crippen LogP contribution in [-0.4, -0.2) is 53.6 Å². The molecule has 0 unspecified atom stereocenters. The number of hydrogen-bond donors (Lipinski definition) is 2. The van der Waals surface area contributed by atoms with Gasteiger partial charge in [-0.05, 0) is 48.9 Å². The highest BCUT2D eigenvalue weighted by molar-refractivity contribution is 5.83. The van der Waals surface area contributed by atoms with Gasteiger partial charge in [0.1, 0.15) is 11.6 Å². The minimum absolute atomic E-state index is 0.676. The first-order valence-electron chi connectivity index (χ1n) is 10.3. The Morgan fingerprint density at radius 1 is 1.06 bits per heavy atom. The largest absolute Gasteiger partial charge is 0.496 e. The van der Waals surface area contributed by atoms with E-state index in [1.807, 2.05) is 49.5 Å². The lowest BCUT2D eigenvalue weighted by molar-refractivity contribution is 0.122. The third kappa shape index (κ3) is 4.02. The average Bonchev–Trinajstić information content (AvgIpc) is 3.27. The van der Waals surface area contributed by atoms with Gasteiger partial charge >= 0.3 is 0 Å². The maximum atomic E-state index is 5.50. The van der Waals surface area contributed by atoms with Gasteiger partial charge in [0, 0.05) is 35.8 Å². The van der Waals surface area contributed by atoms with Crippen LogP contribution in [0.4, 0.5) is 17.5 Å². The quantitative estimate of drug-likeness (QED) is 0.510. The van der Waals surface area contributed by atoms with E-state index in [2.05, 4.69) is 26.5 Å². The maximum absolute atomic E-state index is 5.50. The molecule has 0 amide bonds. The Labute approximate surface area is 180 Å². The van der Waals surface area contributed by atoms with Crippen molar-refractivity contribution >= 4 is 28.4 Å². The molecule has 5 rings (SSSR count). The molecule has 3 heterocycles. The van der Waals surface area contributed by atoms with E-state index in [4.69, 9.17) is 19.4 Å². The van der Waals surface area contributed by atoms with Gasteiger partial charge in [-0.1, -0.05) is 0 Å². The predicted molar refractivity (Wildman–Crippen MR) is 121 cm³/mol. The Morgan fingerprint density at radius 3 is 2.74 bits per heavy atom. The molecule has 4 aromatic rings. The van der Waals surface area contributed by atoms with Gasteiger partial charge in [-0.3, -0.25) is 5.10 Å². The van der Waals surface area contributed by atoms with Crippen LogP contribution in [0.25, 0.3) is 22.2 Å². The molecule has 0 bridgehead atoms. The number of anilines is 3. The van der Waals surface area contributed by atoms with Gasteiger partial charge in [-0.15, -0.1) is 0 Å². The van der Waals surface area contributed by atoms with Crippen molar-refractivity contribution in [1.29, 1.82) is 0 Å². The molecular weight excluding hydrogens is 392 g/mol. The standard InChI is InChI=1S/C23H24N6O2/c1-15-11-16(3-6-21(15)30-2)20-13-22(27-23(26-20)29-7-9-31-10-8-29)25-18-4-5-19-17(12-18)14-24-28-19/h3-6,11-14H,7-10H2,1-2H3,(H,24,28)(H,25,26,27). The summed E-state index contributed by atoms with van der Waals surface area (Å²) in [5.41, 5.74) is 4.87. The molecule has 2 aromatic carbocycles. The topological polar surface area (TPSA) is 88.2 Å². The Kier molecular flexibility index (Phi) is 5.13. The number of nitrogens with one attached hydrogen (secondary N) is 2. The molecule has 8 heteroatoms. The third-order valence-electron chi connectivity index (χ3n) is 5.41. The van der Waals surface area contributed by atoms with Crippen molar-refractivity contribution in [2.45, 2.75) is 6.92 Å². The monoisotopic (exact) mass is 416 g/mol. The number of ether oxygens (including phenoxy) is 2. The van der Waals surface area contributed by atoms with Crippen LogP contribution in [0, 0.1) is 6.92 Å². The number of H-pyrrole nitrogens is 1. The second-order valence-electron chi connectivity index (χ2n) is 7.52. The molecular formula is C23H24N6O2. The molecule has 0 spiro atoms. The Morgan fingerprint density at radius 2 is 1.94 bits per heavy atom. The normalized spacial score (nSPS) is 14.1. The van der Waals surface area contributed by atoms with E-state index in [0.29, 0.717) is 19.2 Å². The number of morpholine rings is 1. The van der Waals surface area contributed by atoms with Crippen LogP contribution in [0.15, 0.2) is 48.7 Å². The second kappa shape index (κ2) is 8.23. The minimum Gasteiger partial charge on any atom is -0.496 e. The lowest BCUT2D eigenvalue weighted by Gasteiger charge is -2.27. The summed E-state index contributed by atoms with van der Waals surface area (Å²) in [5.74, 6) is 2.29. The van der Waals surface area contributed by atoms with E-state index in [9.17, 15) is 0 Å². The van der Waals surface area contributed by atoms with E-state index < -0.39 is 0 Å². The van der Waals surface area contributed by atoms with Crippen molar-refractivity contribution in [1.82, 2.24) is 20.2 Å². The number of fused-ring (bicyclic) bond motifs is 1. The number of benzene rings is 2. The summed E-state index contributed by atoms with van der Waals surface area (Å²) in [7, 11) is 1.68. The smallest absolute Gasteiger partial charge is 0.228 e. The summed E-state index contributed by atoms with van der Waals surface area (Å²) in [6, 6.07) is 14.1. The number of aryl methyl sites for hydroxylation is 1. The molecule has 0 atom stereocenters. The zero-order valence-corrected chi connectivity index (χ0v) is 17.6. The van der Waals surface area contributed by atoms with Crippen molar-refractivity contribution in [2.24, 2.45) is 0 Å². The van der Waals surface area contributed by atoms with Crippen molar-refractivity contribution in [3.8, 4) is 17.0 Å². The Bertz CT molecular complexity index is 1220. The van der Waals surface area contributed by atoms with Crippen LogP contribution in [-0.2, 0) is 4.74 Å². The zero-order chi connectivity index (χ0) is 21.2. The molecule has 1 saturated heterocycles. The lowest BCUT2D eigenvalue weighted by Crippen LogP contribution is -2.37. The van der Waals surface area contributed by atoms with Gasteiger partial charge in [0.25, 0.3) is 0 Å². The van der Waals surface area contributed by atoms with Crippen molar-refractivity contribution < 1.29 is 9.47 Å². The van der Waals surface area contributed by atoms with Gasteiger partial charge in [0.2, 0.25) is 5.95 Å². The summed E-state index contributed by atoms with van der Waals surface area (Å²) in [4.78, 5) is 11.8. The van der Waals surface area contributed by atoms with E-state index in [1.165, 1.54) is 0 Å². The first-order chi connectivity index (χ1) is 15.2. The number of nitrogens with zero attached hydrogens (tertiary/aromatic N) is 4. The Hall–Kier alpha value is -3.65. The fraction of sp³-hybridized carbons (Fsp3) is 0.261. The molecule has 2 N–H and O–H groups in total. The molecule has 31 heavy (non-hydrogen) atoms. The summed E-state index contributed by atoms with van der Waals surface area (Å²) in [6.45, 7) is 4.92. The number of rotatable bonds is 5. The molecule has 1 aliphatic heterocycles. The molecule has 8 nitrogen and oxygen atoms in total. The predicted octanol–water partition coefficient (Wildman–Crippen LogP) is 3.92. The summed E-state index contributed by atoms with van der Waals surface area (Å²) in [5, 5.41) is 11.5. The minimum atomic E-state index is 0.676. The molecule has 1 aliphatic rings. The molecule has 0 radical (unpaired) electrons. The second-order valence-corrected chi connectivity index (χ2v) is 7.52. The van der Waals surface area contributed by atoms with E-state index >= 15 is 0 Å². The summed E-state index contributed by atoms with van der Waals surface area (Å²) in [6.07, 6.45) is 1.81. The van der Waals surface area contributed by atoms with Crippen LogP contribution in [0.1, 0.15) is 5.56 Å². The van der Waals surface area contributed by atoms with E-state index in [0.717, 1.165) is 58.1 Å². The van der Waals surface area contributed by atoms with Crippen LogP contribution in [0.5, 0.6) is 5.75 Å². The van der Waals surface area contributed by atoms with E-state index in [-0.39, 0.29) is 0 Å².